The number of aryl methyl sites for hydroxylation is 2. The zero-order chi connectivity index (χ0) is 14.6. The Morgan fingerprint density at radius 3 is 2.90 bits per heavy atom. The van der Waals surface area contributed by atoms with E-state index in [0.29, 0.717) is 13.1 Å². The molecule has 0 aromatic carbocycles. The van der Waals surface area contributed by atoms with Crippen molar-refractivity contribution in [1.29, 1.82) is 0 Å². The molecule has 0 aliphatic rings. The number of rotatable bonds is 7. The Balaban J connectivity index is 2.00. The smallest absolute Gasteiger partial charge is 0.244 e. The highest BCUT2D eigenvalue weighted by molar-refractivity contribution is 7.89. The summed E-state index contributed by atoms with van der Waals surface area (Å²) < 4.78 is 28.3. The molecule has 0 spiro atoms. The summed E-state index contributed by atoms with van der Waals surface area (Å²) in [5.74, 6) is 0. The molecule has 0 saturated heterocycles. The van der Waals surface area contributed by atoms with Crippen LogP contribution in [0, 0.1) is 6.92 Å². The molecule has 3 N–H and O–H groups in total. The first-order valence-electron chi connectivity index (χ1n) is 6.15. The molecule has 0 saturated carbocycles. The van der Waals surface area contributed by atoms with Crippen LogP contribution in [0.15, 0.2) is 23.5 Å². The molecule has 2 rings (SSSR count). The summed E-state index contributed by atoms with van der Waals surface area (Å²) in [7, 11) is -3.55. The lowest BCUT2D eigenvalue weighted by molar-refractivity contribution is 0.576. The molecule has 20 heavy (non-hydrogen) atoms. The summed E-state index contributed by atoms with van der Waals surface area (Å²) in [6.07, 6.45) is 5.32. The Bertz CT molecular complexity index is 662. The zero-order valence-electron chi connectivity index (χ0n) is 11.1. The van der Waals surface area contributed by atoms with Crippen molar-refractivity contribution in [2.75, 3.05) is 6.54 Å². The van der Waals surface area contributed by atoms with Crippen molar-refractivity contribution >= 4 is 21.4 Å². The SMILES string of the molecule is Cc1cnc(CNS(=O)(=O)c2cnn(CCCN)c2)s1. The number of hydrogen-bond donors (Lipinski definition) is 2. The van der Waals surface area contributed by atoms with Crippen molar-refractivity contribution in [2.24, 2.45) is 5.73 Å². The maximum Gasteiger partial charge on any atom is 0.244 e. The van der Waals surface area contributed by atoms with Gasteiger partial charge in [-0.1, -0.05) is 0 Å². The molecular formula is C11H17N5O2S2. The summed E-state index contributed by atoms with van der Waals surface area (Å²) in [4.78, 5) is 5.32. The van der Waals surface area contributed by atoms with Crippen molar-refractivity contribution in [1.82, 2.24) is 19.5 Å². The first-order chi connectivity index (χ1) is 9.51. The van der Waals surface area contributed by atoms with Crippen LogP contribution in [-0.2, 0) is 23.1 Å². The number of nitrogens with one attached hydrogen (secondary N) is 1. The Kier molecular flexibility index (Phi) is 4.86. The lowest BCUT2D eigenvalue weighted by Crippen LogP contribution is -2.22. The molecule has 2 heterocycles. The highest BCUT2D eigenvalue weighted by Crippen LogP contribution is 2.13. The van der Waals surface area contributed by atoms with E-state index >= 15 is 0 Å². The predicted molar refractivity (Wildman–Crippen MR) is 76.8 cm³/mol. The van der Waals surface area contributed by atoms with E-state index in [1.807, 2.05) is 6.92 Å². The van der Waals surface area contributed by atoms with Gasteiger partial charge in [0.15, 0.2) is 0 Å². The minimum Gasteiger partial charge on any atom is -0.330 e. The number of sulfonamides is 1. The van der Waals surface area contributed by atoms with E-state index in [-0.39, 0.29) is 11.4 Å². The molecule has 0 amide bonds. The second-order valence-corrected chi connectivity index (χ2v) is 7.36. The molecule has 2 aromatic heterocycles. The molecule has 0 bridgehead atoms. The summed E-state index contributed by atoms with van der Waals surface area (Å²) >= 11 is 1.47. The van der Waals surface area contributed by atoms with Crippen LogP contribution in [0.2, 0.25) is 0 Å². The third-order valence-electron chi connectivity index (χ3n) is 2.59. The van der Waals surface area contributed by atoms with Crippen molar-refractivity contribution < 1.29 is 8.42 Å². The second kappa shape index (κ2) is 6.44. The van der Waals surface area contributed by atoms with Crippen LogP contribution in [0.4, 0.5) is 0 Å². The molecule has 2 aromatic rings. The average molecular weight is 315 g/mol. The Hall–Kier alpha value is -1.29. The van der Waals surface area contributed by atoms with E-state index in [2.05, 4.69) is 14.8 Å². The van der Waals surface area contributed by atoms with E-state index in [0.717, 1.165) is 16.3 Å². The maximum atomic E-state index is 12.1. The first kappa shape index (κ1) is 15.1. The Labute approximate surface area is 121 Å². The van der Waals surface area contributed by atoms with Gasteiger partial charge in [0.05, 0.1) is 12.7 Å². The molecule has 0 fully saturated rings. The number of nitrogens with zero attached hydrogens (tertiary/aromatic N) is 3. The molecule has 9 heteroatoms. The van der Waals surface area contributed by atoms with E-state index in [4.69, 9.17) is 5.73 Å². The molecule has 0 aliphatic carbocycles. The molecule has 0 aliphatic heterocycles. The number of nitrogens with two attached hydrogens (primary N) is 1. The van der Waals surface area contributed by atoms with Gasteiger partial charge < -0.3 is 5.73 Å². The van der Waals surface area contributed by atoms with Crippen LogP contribution in [-0.4, -0.2) is 29.7 Å². The average Bonchev–Trinajstić information content (AvgIpc) is 3.03. The molecular weight excluding hydrogens is 298 g/mol. The summed E-state index contributed by atoms with van der Waals surface area (Å²) in [6.45, 7) is 3.27. The van der Waals surface area contributed by atoms with E-state index in [9.17, 15) is 8.42 Å². The Morgan fingerprint density at radius 1 is 1.45 bits per heavy atom. The number of aromatic nitrogens is 3. The van der Waals surface area contributed by atoms with Crippen molar-refractivity contribution in [2.45, 2.75) is 31.3 Å². The van der Waals surface area contributed by atoms with Gasteiger partial charge in [-0.25, -0.2) is 18.1 Å². The van der Waals surface area contributed by atoms with Gasteiger partial charge in [-0.05, 0) is 19.9 Å². The third kappa shape index (κ3) is 3.85. The first-order valence-corrected chi connectivity index (χ1v) is 8.45. The van der Waals surface area contributed by atoms with E-state index in [1.165, 1.54) is 23.7 Å². The molecule has 7 nitrogen and oxygen atoms in total. The third-order valence-corrected chi connectivity index (χ3v) is 4.86. The van der Waals surface area contributed by atoms with Gasteiger partial charge in [0.25, 0.3) is 0 Å². The van der Waals surface area contributed by atoms with Crippen molar-refractivity contribution in [3.05, 3.63) is 28.5 Å². The normalized spacial score (nSPS) is 11.9. The van der Waals surface area contributed by atoms with Crippen molar-refractivity contribution in [3.63, 3.8) is 0 Å². The molecule has 0 atom stereocenters. The van der Waals surface area contributed by atoms with Gasteiger partial charge in [-0.3, -0.25) is 4.68 Å². The highest BCUT2D eigenvalue weighted by Gasteiger charge is 2.16. The maximum absolute atomic E-state index is 12.1. The van der Waals surface area contributed by atoms with E-state index < -0.39 is 10.0 Å². The van der Waals surface area contributed by atoms with Crippen LogP contribution < -0.4 is 10.5 Å². The number of hydrogen-bond acceptors (Lipinski definition) is 6. The predicted octanol–water partition coefficient (Wildman–Crippen LogP) is 0.475. The second-order valence-electron chi connectivity index (χ2n) is 4.27. The minimum atomic E-state index is -3.55. The van der Waals surface area contributed by atoms with Crippen LogP contribution >= 0.6 is 11.3 Å². The van der Waals surface area contributed by atoms with Crippen LogP contribution in [0.1, 0.15) is 16.3 Å². The van der Waals surface area contributed by atoms with E-state index in [1.54, 1.807) is 10.9 Å². The summed E-state index contributed by atoms with van der Waals surface area (Å²) in [6, 6.07) is 0. The zero-order valence-corrected chi connectivity index (χ0v) is 12.7. The van der Waals surface area contributed by atoms with Gasteiger partial charge >= 0.3 is 0 Å². The Morgan fingerprint density at radius 2 is 2.25 bits per heavy atom. The topological polar surface area (TPSA) is 103 Å². The molecule has 0 radical (unpaired) electrons. The number of thiazole rings is 1. The van der Waals surface area contributed by atoms with Gasteiger partial charge in [0.2, 0.25) is 10.0 Å². The lowest BCUT2D eigenvalue weighted by Gasteiger charge is -2.02. The standard InChI is InChI=1S/C11H17N5O2S2/c1-9-5-13-11(19-9)7-15-20(17,18)10-6-14-16(8-10)4-2-3-12/h5-6,8,15H,2-4,7,12H2,1H3. The van der Waals surface area contributed by atoms with Gasteiger partial charge in [-0.2, -0.15) is 5.10 Å². The van der Waals surface area contributed by atoms with Gasteiger partial charge in [0.1, 0.15) is 9.90 Å². The fourth-order valence-electron chi connectivity index (χ4n) is 1.58. The van der Waals surface area contributed by atoms with Crippen LogP contribution in [0.3, 0.4) is 0 Å². The fraction of sp³-hybridized carbons (Fsp3) is 0.455. The summed E-state index contributed by atoms with van der Waals surface area (Å²) in [5.41, 5.74) is 5.41. The van der Waals surface area contributed by atoms with Crippen LogP contribution in [0.5, 0.6) is 0 Å². The van der Waals surface area contributed by atoms with Crippen LogP contribution in [0.25, 0.3) is 0 Å². The fourth-order valence-corrected chi connectivity index (χ4v) is 3.34. The minimum absolute atomic E-state index is 0.155. The lowest BCUT2D eigenvalue weighted by atomic mass is 10.4. The molecule has 0 unspecified atom stereocenters. The molecule has 110 valence electrons. The van der Waals surface area contributed by atoms with Crippen molar-refractivity contribution in [3.8, 4) is 0 Å². The largest absolute Gasteiger partial charge is 0.330 e. The van der Waals surface area contributed by atoms with Gasteiger partial charge in [0, 0.05) is 23.8 Å². The quantitative estimate of drug-likeness (QED) is 0.773. The monoisotopic (exact) mass is 315 g/mol. The highest BCUT2D eigenvalue weighted by atomic mass is 32.2. The summed E-state index contributed by atoms with van der Waals surface area (Å²) in [5, 5.41) is 4.75. The van der Waals surface area contributed by atoms with Gasteiger partial charge in [-0.15, -0.1) is 11.3 Å².